The lowest BCUT2D eigenvalue weighted by atomic mass is 10.1. The second-order valence-electron chi connectivity index (χ2n) is 14.4. The number of carbonyl (C=O) groups is 2. The average molecular weight is 847 g/mol. The van der Waals surface area contributed by atoms with E-state index in [0.717, 1.165) is 64.2 Å². The van der Waals surface area contributed by atoms with Gasteiger partial charge in [-0.2, -0.15) is 0 Å². The Labute approximate surface area is 357 Å². The van der Waals surface area contributed by atoms with Crippen molar-refractivity contribution >= 4 is 19.8 Å². The van der Waals surface area contributed by atoms with Crippen LogP contribution in [0, 0.1) is 0 Å². The van der Waals surface area contributed by atoms with Crippen LogP contribution >= 0.6 is 7.82 Å². The van der Waals surface area contributed by atoms with Gasteiger partial charge >= 0.3 is 19.8 Å². The van der Waals surface area contributed by atoms with E-state index >= 15 is 0 Å². The number of aliphatic hydroxyl groups is 2. The molecular formula is C48H79O10P. The molecule has 0 fully saturated rings. The molecule has 0 aliphatic rings. The summed E-state index contributed by atoms with van der Waals surface area (Å²) in [5, 5.41) is 18.3. The van der Waals surface area contributed by atoms with Crippen molar-refractivity contribution in [3.05, 3.63) is 97.2 Å². The van der Waals surface area contributed by atoms with Crippen LogP contribution in [0.5, 0.6) is 0 Å². The van der Waals surface area contributed by atoms with Crippen LogP contribution in [0.25, 0.3) is 0 Å². The summed E-state index contributed by atoms with van der Waals surface area (Å²) in [5.74, 6) is -1.04. The van der Waals surface area contributed by atoms with Gasteiger partial charge in [0, 0.05) is 12.8 Å². The molecule has 3 N–H and O–H groups in total. The fourth-order valence-electron chi connectivity index (χ4n) is 5.26. The number of allylic oxidation sites excluding steroid dienone is 16. The molecule has 0 aromatic carbocycles. The third-order valence-electron chi connectivity index (χ3n) is 8.71. The molecule has 59 heavy (non-hydrogen) atoms. The Bertz CT molecular complexity index is 1300. The molecule has 0 aromatic rings. The Kier molecular flexibility index (Phi) is 40.7. The first-order chi connectivity index (χ1) is 28.7. The van der Waals surface area contributed by atoms with Crippen LogP contribution < -0.4 is 0 Å². The van der Waals surface area contributed by atoms with Gasteiger partial charge in [0.25, 0.3) is 0 Å². The minimum atomic E-state index is -4.65. The molecule has 0 spiro atoms. The maximum absolute atomic E-state index is 12.6. The number of phosphoric acid groups is 1. The van der Waals surface area contributed by atoms with Gasteiger partial charge < -0.3 is 24.6 Å². The van der Waals surface area contributed by atoms with E-state index in [1.807, 2.05) is 6.08 Å². The summed E-state index contributed by atoms with van der Waals surface area (Å²) in [6, 6.07) is 0. The lowest BCUT2D eigenvalue weighted by Crippen LogP contribution is -2.29. The molecule has 0 bridgehead atoms. The summed E-state index contributed by atoms with van der Waals surface area (Å²) in [5.41, 5.74) is 0. The predicted octanol–water partition coefficient (Wildman–Crippen LogP) is 12.0. The van der Waals surface area contributed by atoms with E-state index in [2.05, 4.69) is 110 Å². The van der Waals surface area contributed by atoms with Crippen molar-refractivity contribution in [1.29, 1.82) is 0 Å². The number of hydrogen-bond acceptors (Lipinski definition) is 9. The van der Waals surface area contributed by atoms with Crippen LogP contribution in [0.2, 0.25) is 0 Å². The lowest BCUT2D eigenvalue weighted by Gasteiger charge is -2.20. The zero-order valence-corrected chi connectivity index (χ0v) is 37.3. The number of unbranched alkanes of at least 4 members (excludes halogenated alkanes) is 10. The number of hydrogen-bond donors (Lipinski definition) is 3. The Morgan fingerprint density at radius 3 is 1.34 bits per heavy atom. The van der Waals surface area contributed by atoms with Crippen LogP contribution in [0.4, 0.5) is 0 Å². The van der Waals surface area contributed by atoms with Gasteiger partial charge in [0.1, 0.15) is 12.7 Å². The Balaban J connectivity index is 4.47. The van der Waals surface area contributed by atoms with Crippen molar-refractivity contribution in [2.45, 2.75) is 167 Å². The number of rotatable bonds is 40. The van der Waals surface area contributed by atoms with Gasteiger partial charge in [0.15, 0.2) is 6.10 Å². The zero-order valence-electron chi connectivity index (χ0n) is 36.4. The van der Waals surface area contributed by atoms with E-state index in [0.29, 0.717) is 19.3 Å². The zero-order chi connectivity index (χ0) is 43.3. The average Bonchev–Trinajstić information content (AvgIpc) is 3.22. The van der Waals surface area contributed by atoms with Gasteiger partial charge in [-0.1, -0.05) is 143 Å². The molecule has 0 aliphatic heterocycles. The fourth-order valence-corrected chi connectivity index (χ4v) is 6.05. The minimum Gasteiger partial charge on any atom is -0.462 e. The highest BCUT2D eigenvalue weighted by atomic mass is 31.2. The predicted molar refractivity (Wildman–Crippen MR) is 242 cm³/mol. The van der Waals surface area contributed by atoms with Gasteiger partial charge in [0.05, 0.1) is 19.8 Å². The second-order valence-corrected chi connectivity index (χ2v) is 15.8. The number of ether oxygens (including phenoxy) is 2. The van der Waals surface area contributed by atoms with Gasteiger partial charge in [-0.25, -0.2) is 4.57 Å². The van der Waals surface area contributed by atoms with E-state index in [1.54, 1.807) is 0 Å². The third-order valence-corrected chi connectivity index (χ3v) is 9.66. The van der Waals surface area contributed by atoms with E-state index < -0.39 is 51.8 Å². The second kappa shape index (κ2) is 43.0. The molecule has 0 heterocycles. The van der Waals surface area contributed by atoms with Gasteiger partial charge in [-0.05, 0) is 96.3 Å². The molecule has 0 radical (unpaired) electrons. The molecule has 0 saturated carbocycles. The number of carbonyl (C=O) groups excluding carboxylic acids is 2. The van der Waals surface area contributed by atoms with Crippen LogP contribution in [0.3, 0.4) is 0 Å². The van der Waals surface area contributed by atoms with Gasteiger partial charge in [-0.3, -0.25) is 18.6 Å². The van der Waals surface area contributed by atoms with Gasteiger partial charge in [-0.15, -0.1) is 0 Å². The molecule has 0 aliphatic carbocycles. The van der Waals surface area contributed by atoms with Crippen molar-refractivity contribution in [2.75, 3.05) is 26.4 Å². The van der Waals surface area contributed by atoms with Crippen molar-refractivity contribution < 1.29 is 47.8 Å². The number of esters is 2. The maximum atomic E-state index is 12.6. The summed E-state index contributed by atoms with van der Waals surface area (Å²) in [7, 11) is -4.65. The highest BCUT2D eigenvalue weighted by Crippen LogP contribution is 2.43. The smallest absolute Gasteiger partial charge is 0.462 e. The molecule has 0 amide bonds. The molecule has 11 heteroatoms. The SMILES string of the molecule is CCCCC/C=C/C/C=C/C/C=C/C/C=C/CCCCCC(=O)O[C@H](COC(=O)CCC/C=C/C/C=C/C/C=C/C/C=C/CCCCC)COP(=O)(O)OC[C@@H](O)CO. The Morgan fingerprint density at radius 1 is 0.508 bits per heavy atom. The summed E-state index contributed by atoms with van der Waals surface area (Å²) in [4.78, 5) is 35.0. The molecule has 0 saturated heterocycles. The molecular weight excluding hydrogens is 767 g/mol. The van der Waals surface area contributed by atoms with Crippen molar-refractivity contribution in [3.63, 3.8) is 0 Å². The van der Waals surface area contributed by atoms with E-state index in [-0.39, 0.29) is 19.4 Å². The molecule has 0 rings (SSSR count). The highest BCUT2D eigenvalue weighted by molar-refractivity contribution is 7.47. The summed E-state index contributed by atoms with van der Waals surface area (Å²) in [6.45, 7) is 2.20. The van der Waals surface area contributed by atoms with Crippen LogP contribution in [-0.2, 0) is 32.7 Å². The molecule has 0 aromatic heterocycles. The van der Waals surface area contributed by atoms with E-state index in [9.17, 15) is 24.2 Å². The standard InChI is InChI=1S/C48H79O10P/c1-3-5-7-9-11-13-15-17-19-21-22-24-26-28-30-32-34-36-38-40-48(52)58-46(44-57-59(53,54)56-42-45(50)41-49)43-55-47(51)39-37-35-33-31-29-27-25-23-20-18-16-14-12-10-8-6-4-2/h11-14,17-20,22,24-25,27-28,30-31,33,45-46,49-50H,3-10,15-16,21,23,26,29,32,34-44H2,1-2H3,(H,53,54)/b13-11+,14-12+,19-17+,20-18+,24-22+,27-25+,30-28+,33-31+/t45-,46+/m0/s1. The van der Waals surface area contributed by atoms with E-state index in [4.69, 9.17) is 19.1 Å². The first-order valence-electron chi connectivity index (χ1n) is 22.2. The van der Waals surface area contributed by atoms with Crippen LogP contribution in [0.15, 0.2) is 97.2 Å². The van der Waals surface area contributed by atoms with E-state index in [1.165, 1.54) is 44.9 Å². The Hall–Kier alpha value is -3.11. The maximum Gasteiger partial charge on any atom is 0.472 e. The van der Waals surface area contributed by atoms with Crippen molar-refractivity contribution in [2.24, 2.45) is 0 Å². The van der Waals surface area contributed by atoms with Crippen molar-refractivity contribution in [3.8, 4) is 0 Å². The topological polar surface area (TPSA) is 149 Å². The van der Waals surface area contributed by atoms with Crippen LogP contribution in [0.1, 0.15) is 155 Å². The monoisotopic (exact) mass is 847 g/mol. The normalized spacial score (nSPS) is 14.7. The van der Waals surface area contributed by atoms with Crippen molar-refractivity contribution in [1.82, 2.24) is 0 Å². The number of phosphoric ester groups is 1. The largest absolute Gasteiger partial charge is 0.472 e. The lowest BCUT2D eigenvalue weighted by molar-refractivity contribution is -0.161. The molecule has 1 unspecified atom stereocenters. The highest BCUT2D eigenvalue weighted by Gasteiger charge is 2.27. The first-order valence-corrected chi connectivity index (χ1v) is 23.7. The molecule has 10 nitrogen and oxygen atoms in total. The summed E-state index contributed by atoms with van der Waals surface area (Å²) < 4.78 is 32.6. The summed E-state index contributed by atoms with van der Waals surface area (Å²) in [6.07, 6.45) is 52.3. The van der Waals surface area contributed by atoms with Crippen LogP contribution in [-0.4, -0.2) is 65.7 Å². The summed E-state index contributed by atoms with van der Waals surface area (Å²) >= 11 is 0. The van der Waals surface area contributed by atoms with Gasteiger partial charge in [0.2, 0.25) is 0 Å². The third kappa shape index (κ3) is 42.8. The Morgan fingerprint density at radius 2 is 0.898 bits per heavy atom. The fraction of sp³-hybridized carbons (Fsp3) is 0.625. The molecule has 3 atom stereocenters. The first kappa shape index (κ1) is 55.9. The quantitative estimate of drug-likeness (QED) is 0.0235. The molecule has 336 valence electrons. The number of aliphatic hydroxyl groups excluding tert-OH is 2. The minimum absolute atomic E-state index is 0.129.